The van der Waals surface area contributed by atoms with E-state index in [9.17, 15) is 24.8 Å². The van der Waals surface area contributed by atoms with E-state index in [4.69, 9.17) is 15.0 Å². The van der Waals surface area contributed by atoms with Gasteiger partial charge in [-0.15, -0.1) is 0 Å². The molecule has 6 N–H and O–H groups in total. The summed E-state index contributed by atoms with van der Waals surface area (Å²) in [6.45, 7) is 6.56. The van der Waals surface area contributed by atoms with Gasteiger partial charge in [0.15, 0.2) is 28.6 Å². The standard InChI is InChI=1S/C19H30N5O7P/c1-5-18(4,31-32(28,29)19(27,6-2)7-3)9-13-11(25)12(26)17(30-13)24-15(9)23-10-14(20)21-8-22-16(10)24/h8-9,11-13,17,25-27H,5-7H2,1-4H3,(H,28,29)(H2,20,21,22)/t9?,11?,12-,13?,17?,18?/m1/s1. The van der Waals surface area contributed by atoms with Crippen LogP contribution in [-0.4, -0.2) is 69.0 Å². The van der Waals surface area contributed by atoms with Gasteiger partial charge in [0.25, 0.3) is 0 Å². The fourth-order valence-corrected chi connectivity index (χ4v) is 6.49. The Kier molecular flexibility index (Phi) is 5.65. The third kappa shape index (κ3) is 3.12. The zero-order chi connectivity index (χ0) is 23.6. The van der Waals surface area contributed by atoms with Crippen molar-refractivity contribution < 1.29 is 34.0 Å². The monoisotopic (exact) mass is 471 g/mol. The number of imidazole rings is 1. The van der Waals surface area contributed by atoms with Crippen LogP contribution in [0, 0.1) is 0 Å². The molecule has 2 aromatic heterocycles. The molecule has 4 rings (SSSR count). The lowest BCUT2D eigenvalue weighted by molar-refractivity contribution is -0.110. The first kappa shape index (κ1) is 23.5. The number of hydrogen-bond acceptors (Lipinski definition) is 10. The van der Waals surface area contributed by atoms with Crippen LogP contribution in [0.3, 0.4) is 0 Å². The van der Waals surface area contributed by atoms with E-state index in [1.165, 1.54) is 10.9 Å². The summed E-state index contributed by atoms with van der Waals surface area (Å²) in [6.07, 6.45) is -3.05. The van der Waals surface area contributed by atoms with Gasteiger partial charge in [-0.1, -0.05) is 20.8 Å². The lowest BCUT2D eigenvalue weighted by Gasteiger charge is -2.44. The number of aliphatic hydroxyl groups is 3. The van der Waals surface area contributed by atoms with E-state index in [1.54, 1.807) is 27.7 Å². The minimum Gasteiger partial charge on any atom is -0.387 e. The van der Waals surface area contributed by atoms with Crippen LogP contribution in [0.1, 0.15) is 64.9 Å². The zero-order valence-corrected chi connectivity index (χ0v) is 19.3. The van der Waals surface area contributed by atoms with Crippen LogP contribution in [0.4, 0.5) is 5.82 Å². The number of nitrogens with two attached hydrogens (primary N) is 1. The number of anilines is 1. The summed E-state index contributed by atoms with van der Waals surface area (Å²) in [5, 5.41) is 30.3. The van der Waals surface area contributed by atoms with Crippen LogP contribution in [0.15, 0.2) is 6.33 Å². The molecule has 2 aliphatic heterocycles. The number of fused-ring (bicyclic) bond motifs is 6. The van der Waals surface area contributed by atoms with E-state index in [2.05, 4.69) is 15.0 Å². The van der Waals surface area contributed by atoms with Crippen LogP contribution < -0.4 is 5.73 Å². The molecular weight excluding hydrogens is 441 g/mol. The molecule has 0 amide bonds. The number of hydrogen-bond donors (Lipinski definition) is 5. The lowest BCUT2D eigenvalue weighted by Crippen LogP contribution is -2.48. The van der Waals surface area contributed by atoms with Crippen molar-refractivity contribution in [1.82, 2.24) is 19.5 Å². The summed E-state index contributed by atoms with van der Waals surface area (Å²) < 4.78 is 26.6. The van der Waals surface area contributed by atoms with Gasteiger partial charge < -0.3 is 30.7 Å². The van der Waals surface area contributed by atoms with E-state index >= 15 is 0 Å². The largest absolute Gasteiger partial charge is 0.387 e. The van der Waals surface area contributed by atoms with E-state index in [0.29, 0.717) is 11.5 Å². The molecule has 1 saturated heterocycles. The Hall–Kier alpha value is -1.66. The predicted octanol–water partition coefficient (Wildman–Crippen LogP) is 1.00. The highest BCUT2D eigenvalue weighted by molar-refractivity contribution is 7.54. The molecule has 2 bridgehead atoms. The number of rotatable bonds is 7. The summed E-state index contributed by atoms with van der Waals surface area (Å²) in [7, 11) is -4.57. The highest BCUT2D eigenvalue weighted by atomic mass is 31.2. The molecule has 2 aromatic rings. The fourth-order valence-electron chi connectivity index (χ4n) is 4.71. The number of aliphatic hydroxyl groups excluding tert-OH is 2. The molecule has 178 valence electrons. The number of ether oxygens (including phenoxy) is 1. The Morgan fingerprint density at radius 3 is 2.47 bits per heavy atom. The molecule has 12 nitrogen and oxygen atoms in total. The van der Waals surface area contributed by atoms with Crippen molar-refractivity contribution >= 4 is 24.6 Å². The van der Waals surface area contributed by atoms with Crippen LogP contribution >= 0.6 is 7.60 Å². The fraction of sp³-hybridized carbons (Fsp3) is 0.737. The Balaban J connectivity index is 1.89. The van der Waals surface area contributed by atoms with Crippen LogP contribution in [0.2, 0.25) is 0 Å². The molecule has 32 heavy (non-hydrogen) atoms. The quantitative estimate of drug-likeness (QED) is 0.363. The molecule has 1 fully saturated rings. The van der Waals surface area contributed by atoms with Gasteiger partial charge in [-0.05, 0) is 26.2 Å². The number of aromatic nitrogens is 4. The van der Waals surface area contributed by atoms with Crippen molar-refractivity contribution in [2.24, 2.45) is 0 Å². The van der Waals surface area contributed by atoms with Crippen molar-refractivity contribution in [2.75, 3.05) is 5.73 Å². The van der Waals surface area contributed by atoms with E-state index in [1.807, 2.05) is 0 Å². The van der Waals surface area contributed by atoms with Crippen LogP contribution in [0.5, 0.6) is 0 Å². The second-order valence-electron chi connectivity index (χ2n) is 8.69. The average Bonchev–Trinajstić information content (AvgIpc) is 3.26. The van der Waals surface area contributed by atoms with Crippen molar-refractivity contribution in [1.29, 1.82) is 0 Å². The molecule has 0 spiro atoms. The van der Waals surface area contributed by atoms with Crippen LogP contribution in [-0.2, 0) is 13.8 Å². The smallest absolute Gasteiger partial charge is 0.359 e. The third-order valence-corrected chi connectivity index (χ3v) is 9.37. The van der Waals surface area contributed by atoms with Gasteiger partial charge in [0.05, 0.1) is 11.5 Å². The maximum absolute atomic E-state index is 13.3. The Labute approximate surface area is 184 Å². The van der Waals surface area contributed by atoms with E-state index in [0.717, 1.165) is 0 Å². The molecule has 13 heteroatoms. The molecule has 0 aliphatic carbocycles. The third-order valence-electron chi connectivity index (χ3n) is 7.02. The molecule has 0 radical (unpaired) electrons. The van der Waals surface area contributed by atoms with Gasteiger partial charge in [0, 0.05) is 0 Å². The topological polar surface area (TPSA) is 186 Å². The molecule has 4 heterocycles. The highest BCUT2D eigenvalue weighted by Gasteiger charge is 2.61. The second-order valence-corrected chi connectivity index (χ2v) is 10.7. The number of nitrogen functional groups attached to an aromatic ring is 1. The molecule has 0 aromatic carbocycles. The van der Waals surface area contributed by atoms with Crippen molar-refractivity contribution in [3.63, 3.8) is 0 Å². The number of nitrogens with zero attached hydrogens (tertiary/aromatic N) is 4. The summed E-state index contributed by atoms with van der Waals surface area (Å²) in [6, 6.07) is 0. The lowest BCUT2D eigenvalue weighted by atomic mass is 9.80. The Bertz CT molecular complexity index is 1080. The van der Waals surface area contributed by atoms with Crippen molar-refractivity contribution in [2.45, 2.75) is 88.4 Å². The van der Waals surface area contributed by atoms with Gasteiger partial charge in [-0.3, -0.25) is 13.7 Å². The Morgan fingerprint density at radius 1 is 1.22 bits per heavy atom. The first-order valence-electron chi connectivity index (χ1n) is 10.7. The SMILES string of the molecule is CCC(C)(OP(=O)(O)C(O)(CC)CC)C1c2nc3c(N)ncnc3n2C2OC1C(O)[C@H]2O. The first-order valence-corrected chi connectivity index (χ1v) is 12.3. The molecule has 2 aliphatic rings. The second kappa shape index (κ2) is 7.69. The van der Waals surface area contributed by atoms with Crippen molar-refractivity contribution in [3.05, 3.63) is 12.2 Å². The summed E-state index contributed by atoms with van der Waals surface area (Å²) >= 11 is 0. The van der Waals surface area contributed by atoms with Gasteiger partial charge in [0.1, 0.15) is 30.5 Å². The zero-order valence-electron chi connectivity index (χ0n) is 18.4. The minimum absolute atomic E-state index is 0.00964. The van der Waals surface area contributed by atoms with Gasteiger partial charge in [-0.2, -0.15) is 0 Å². The van der Waals surface area contributed by atoms with Gasteiger partial charge in [-0.25, -0.2) is 15.0 Å². The van der Waals surface area contributed by atoms with Crippen LogP contribution in [0.25, 0.3) is 11.2 Å². The molecule has 0 saturated carbocycles. The molecule has 7 atom stereocenters. The maximum atomic E-state index is 13.3. The van der Waals surface area contributed by atoms with Gasteiger partial charge in [0.2, 0.25) is 0 Å². The van der Waals surface area contributed by atoms with E-state index in [-0.39, 0.29) is 30.6 Å². The average molecular weight is 471 g/mol. The summed E-state index contributed by atoms with van der Waals surface area (Å²) in [4.78, 5) is 23.6. The summed E-state index contributed by atoms with van der Waals surface area (Å²) in [5.74, 6) is -0.423. The molecular formula is C19H30N5O7P. The minimum atomic E-state index is -4.57. The normalized spacial score (nSPS) is 31.3. The predicted molar refractivity (Wildman–Crippen MR) is 114 cm³/mol. The first-order chi connectivity index (χ1) is 14.9. The van der Waals surface area contributed by atoms with Crippen molar-refractivity contribution in [3.8, 4) is 0 Å². The molecule has 6 unspecified atom stereocenters. The maximum Gasteiger partial charge on any atom is 0.359 e. The van der Waals surface area contributed by atoms with E-state index < -0.39 is 49.0 Å². The summed E-state index contributed by atoms with van der Waals surface area (Å²) in [5.41, 5.74) is 5.16. The van der Waals surface area contributed by atoms with Gasteiger partial charge >= 0.3 is 7.60 Å². The Morgan fingerprint density at radius 2 is 1.88 bits per heavy atom. The highest BCUT2D eigenvalue weighted by Crippen LogP contribution is 2.63.